The summed E-state index contributed by atoms with van der Waals surface area (Å²) in [6, 6.07) is 10.5. The minimum absolute atomic E-state index is 0.0433. The second-order valence-corrected chi connectivity index (χ2v) is 8.28. The molecule has 2 N–H and O–H groups in total. The zero-order chi connectivity index (χ0) is 22.4. The minimum atomic E-state index is -0.776. The molecular weight excluding hydrogens is 411 g/mol. The van der Waals surface area contributed by atoms with E-state index in [9.17, 15) is 19.1 Å². The fourth-order valence-corrected chi connectivity index (χ4v) is 5.04. The highest BCUT2D eigenvalue weighted by Gasteiger charge is 2.50. The zero-order valence-electron chi connectivity index (χ0n) is 17.6. The van der Waals surface area contributed by atoms with Gasteiger partial charge in [0, 0.05) is 28.7 Å². The Kier molecular flexibility index (Phi) is 4.96. The Bertz CT molecular complexity index is 1260. The Hall–Kier alpha value is -3.61. The molecule has 32 heavy (non-hydrogen) atoms. The van der Waals surface area contributed by atoms with Gasteiger partial charge in [0.2, 0.25) is 0 Å². The van der Waals surface area contributed by atoms with Gasteiger partial charge in [0.1, 0.15) is 17.3 Å². The third-order valence-electron chi connectivity index (χ3n) is 6.53. The van der Waals surface area contributed by atoms with Crippen LogP contribution in [0.3, 0.4) is 0 Å². The number of halogens is 1. The lowest BCUT2D eigenvalue weighted by Crippen LogP contribution is -2.37. The smallest absolute Gasteiger partial charge is 0.295 e. The number of para-hydroxylation sites is 1. The summed E-state index contributed by atoms with van der Waals surface area (Å²) < 4.78 is 19.3. The van der Waals surface area contributed by atoms with Crippen LogP contribution < -0.4 is 4.74 Å². The fourth-order valence-electron chi connectivity index (χ4n) is 5.04. The largest absolute Gasteiger partial charge is 0.507 e. The number of nitrogens with zero attached hydrogens (tertiary/aromatic N) is 1. The number of carbonyl (C=O) groups is 2. The number of benzene rings is 2. The molecule has 0 radical (unpaired) electrons. The van der Waals surface area contributed by atoms with Crippen molar-refractivity contribution in [1.29, 1.82) is 0 Å². The number of ether oxygens (including phenoxy) is 1. The second-order valence-electron chi connectivity index (χ2n) is 8.28. The maximum absolute atomic E-state index is 14.0. The lowest BCUT2D eigenvalue weighted by molar-refractivity contribution is -0.141. The molecule has 164 valence electrons. The number of aliphatic hydroxyl groups excluding tert-OH is 1. The first kappa shape index (κ1) is 20.3. The van der Waals surface area contributed by atoms with Gasteiger partial charge >= 0.3 is 0 Å². The molecule has 1 aliphatic carbocycles. The minimum Gasteiger partial charge on any atom is -0.507 e. The summed E-state index contributed by atoms with van der Waals surface area (Å²) in [5, 5.41) is 12.1. The van der Waals surface area contributed by atoms with Crippen LogP contribution in [0.1, 0.15) is 42.9 Å². The number of carbonyl (C=O) groups excluding carboxylic acids is 2. The molecule has 1 unspecified atom stereocenters. The van der Waals surface area contributed by atoms with E-state index in [-0.39, 0.29) is 22.9 Å². The molecule has 1 aliphatic heterocycles. The molecule has 1 amide bonds. The van der Waals surface area contributed by atoms with E-state index in [4.69, 9.17) is 4.74 Å². The van der Waals surface area contributed by atoms with E-state index < -0.39 is 29.3 Å². The molecular formula is C25H23FN2O4. The molecule has 1 atom stereocenters. The molecule has 1 saturated carbocycles. The van der Waals surface area contributed by atoms with Crippen LogP contribution in [0, 0.1) is 5.82 Å². The first-order valence-electron chi connectivity index (χ1n) is 10.7. The second kappa shape index (κ2) is 7.82. The number of ketones is 1. The van der Waals surface area contributed by atoms with Gasteiger partial charge in [-0.2, -0.15) is 0 Å². The monoisotopic (exact) mass is 434 g/mol. The fraction of sp³-hybridized carbons (Fsp3) is 0.280. The lowest BCUT2D eigenvalue weighted by Gasteiger charge is -2.30. The van der Waals surface area contributed by atoms with Crippen LogP contribution >= 0.6 is 0 Å². The number of amides is 1. The van der Waals surface area contributed by atoms with E-state index in [2.05, 4.69) is 4.98 Å². The lowest BCUT2D eigenvalue weighted by atomic mass is 9.94. The van der Waals surface area contributed by atoms with E-state index in [0.717, 1.165) is 48.2 Å². The van der Waals surface area contributed by atoms with Crippen LogP contribution in [0.5, 0.6) is 5.75 Å². The number of fused-ring (bicyclic) bond motifs is 1. The molecule has 7 heteroatoms. The summed E-state index contributed by atoms with van der Waals surface area (Å²) in [4.78, 5) is 31.3. The van der Waals surface area contributed by atoms with E-state index >= 15 is 0 Å². The summed E-state index contributed by atoms with van der Waals surface area (Å²) in [6.45, 7) is 0. The number of hydrogen-bond donors (Lipinski definition) is 2. The number of Topliss-reactive ketones (excluding diaryl/α,β-unsaturated/α-hetero) is 1. The SMILES string of the molecule is COc1ccc(F)cc1/C(O)=C1\C(=O)C(=O)N(C2CCCC2)C1c1c[nH]c2ccccc12. The van der Waals surface area contributed by atoms with Crippen molar-refractivity contribution in [3.05, 3.63) is 71.2 Å². The van der Waals surface area contributed by atoms with Gasteiger partial charge in [-0.05, 0) is 37.1 Å². The average molecular weight is 434 g/mol. The Morgan fingerprint density at radius 2 is 1.91 bits per heavy atom. The van der Waals surface area contributed by atoms with Crippen LogP contribution in [0.15, 0.2) is 54.2 Å². The Morgan fingerprint density at radius 3 is 2.66 bits per heavy atom. The van der Waals surface area contributed by atoms with Gasteiger partial charge in [-0.25, -0.2) is 4.39 Å². The molecule has 5 rings (SSSR count). The average Bonchev–Trinajstić information content (AvgIpc) is 3.52. The molecule has 6 nitrogen and oxygen atoms in total. The molecule has 1 aromatic heterocycles. The third kappa shape index (κ3) is 3.07. The Labute approximate surface area is 184 Å². The third-order valence-corrected chi connectivity index (χ3v) is 6.53. The summed E-state index contributed by atoms with van der Waals surface area (Å²) in [5.74, 6) is -2.20. The van der Waals surface area contributed by atoms with Crippen molar-refractivity contribution >= 4 is 28.4 Å². The topological polar surface area (TPSA) is 82.6 Å². The van der Waals surface area contributed by atoms with Crippen molar-refractivity contribution in [3.63, 3.8) is 0 Å². The molecule has 0 bridgehead atoms. The number of methoxy groups -OCH3 is 1. The van der Waals surface area contributed by atoms with Gasteiger partial charge in [0.05, 0.1) is 24.3 Å². The van der Waals surface area contributed by atoms with Gasteiger partial charge < -0.3 is 19.7 Å². The summed E-state index contributed by atoms with van der Waals surface area (Å²) in [7, 11) is 1.40. The molecule has 0 spiro atoms. The molecule has 2 aliphatic rings. The number of aliphatic hydroxyl groups is 1. The highest BCUT2D eigenvalue weighted by atomic mass is 19.1. The predicted molar refractivity (Wildman–Crippen MR) is 118 cm³/mol. The van der Waals surface area contributed by atoms with Gasteiger partial charge in [-0.3, -0.25) is 9.59 Å². The molecule has 2 fully saturated rings. The standard InChI is InChI=1S/C25H23FN2O4/c1-32-20-11-10-14(26)12-17(20)23(29)21-22(18-13-27-19-9-5-4-8-16(18)19)28(25(31)24(21)30)15-6-2-3-7-15/h4-5,8-13,15,22,27,29H,2-3,6-7H2,1H3/b23-21+. The van der Waals surface area contributed by atoms with Crippen LogP contribution in [0.2, 0.25) is 0 Å². The molecule has 2 heterocycles. The van der Waals surface area contributed by atoms with Gasteiger partial charge in [0.25, 0.3) is 11.7 Å². The summed E-state index contributed by atoms with van der Waals surface area (Å²) >= 11 is 0. The molecule has 2 aromatic carbocycles. The molecule has 3 aromatic rings. The van der Waals surface area contributed by atoms with Crippen molar-refractivity contribution in [2.75, 3.05) is 7.11 Å². The Balaban J connectivity index is 1.76. The first-order chi connectivity index (χ1) is 15.5. The van der Waals surface area contributed by atoms with Crippen LogP contribution in [-0.2, 0) is 9.59 Å². The highest BCUT2D eigenvalue weighted by Crippen LogP contribution is 2.46. The van der Waals surface area contributed by atoms with Crippen LogP contribution in [-0.4, -0.2) is 39.8 Å². The number of hydrogen-bond acceptors (Lipinski definition) is 4. The number of aromatic nitrogens is 1. The number of likely N-dealkylation sites (tertiary alicyclic amines) is 1. The van der Waals surface area contributed by atoms with Crippen molar-refractivity contribution in [3.8, 4) is 5.75 Å². The summed E-state index contributed by atoms with van der Waals surface area (Å²) in [6.07, 6.45) is 5.33. The Morgan fingerprint density at radius 1 is 1.16 bits per heavy atom. The van der Waals surface area contributed by atoms with Crippen molar-refractivity contribution < 1.29 is 23.8 Å². The maximum atomic E-state index is 14.0. The van der Waals surface area contributed by atoms with E-state index in [0.29, 0.717) is 0 Å². The van der Waals surface area contributed by atoms with Crippen LogP contribution in [0.25, 0.3) is 16.7 Å². The normalized spacial score (nSPS) is 21.1. The van der Waals surface area contributed by atoms with Crippen molar-refractivity contribution in [2.45, 2.75) is 37.8 Å². The quantitative estimate of drug-likeness (QED) is 0.355. The number of rotatable bonds is 4. The van der Waals surface area contributed by atoms with Gasteiger partial charge in [-0.15, -0.1) is 0 Å². The first-order valence-corrected chi connectivity index (χ1v) is 10.7. The predicted octanol–water partition coefficient (Wildman–Crippen LogP) is 4.68. The van der Waals surface area contributed by atoms with Crippen molar-refractivity contribution in [1.82, 2.24) is 9.88 Å². The van der Waals surface area contributed by atoms with E-state index in [1.54, 1.807) is 11.1 Å². The van der Waals surface area contributed by atoms with Crippen molar-refractivity contribution in [2.24, 2.45) is 0 Å². The number of H-pyrrole nitrogens is 1. The summed E-state index contributed by atoms with van der Waals surface area (Å²) in [5.41, 5.74) is 1.59. The molecule has 1 saturated heterocycles. The maximum Gasteiger partial charge on any atom is 0.295 e. The van der Waals surface area contributed by atoms with Gasteiger partial charge in [0.15, 0.2) is 0 Å². The van der Waals surface area contributed by atoms with E-state index in [1.165, 1.54) is 19.2 Å². The number of nitrogens with one attached hydrogen (secondary N) is 1. The zero-order valence-corrected chi connectivity index (χ0v) is 17.6. The number of aromatic amines is 1. The van der Waals surface area contributed by atoms with E-state index in [1.807, 2.05) is 24.3 Å². The highest BCUT2D eigenvalue weighted by molar-refractivity contribution is 6.46. The van der Waals surface area contributed by atoms with Crippen LogP contribution in [0.4, 0.5) is 4.39 Å². The van der Waals surface area contributed by atoms with Gasteiger partial charge in [-0.1, -0.05) is 31.0 Å².